The van der Waals surface area contributed by atoms with Crippen LogP contribution in [0.4, 0.5) is 0 Å². The van der Waals surface area contributed by atoms with Crippen molar-refractivity contribution in [3.63, 3.8) is 0 Å². The molecular weight excluding hydrogens is 182 g/mol. The number of phenols is 1. The highest BCUT2D eigenvalue weighted by atomic mass is 16.5. The van der Waals surface area contributed by atoms with E-state index in [-0.39, 0.29) is 11.7 Å². The first-order chi connectivity index (χ1) is 6.69. The number of rotatable bonds is 3. The molecule has 0 fully saturated rings. The number of aromatic hydroxyl groups is 1. The molecule has 1 unspecified atom stereocenters. The molecule has 14 heavy (non-hydrogen) atoms. The summed E-state index contributed by atoms with van der Waals surface area (Å²) in [5.74, 6) is -0.174. The highest BCUT2D eigenvalue weighted by Crippen LogP contribution is 2.17. The average Bonchev–Trinajstić information content (AvgIpc) is 2.21. The lowest BCUT2D eigenvalue weighted by Gasteiger charge is -2.13. The fraction of sp³-hybridized carbons (Fsp3) is 0.300. The van der Waals surface area contributed by atoms with Crippen LogP contribution in [0, 0.1) is 0 Å². The molecule has 2 N–H and O–H groups in total. The van der Waals surface area contributed by atoms with E-state index >= 15 is 0 Å². The largest absolute Gasteiger partial charge is 0.508 e. The lowest BCUT2D eigenvalue weighted by molar-refractivity contribution is -0.143. The van der Waals surface area contributed by atoms with Gasteiger partial charge in [0.15, 0.2) is 0 Å². The van der Waals surface area contributed by atoms with Crippen molar-refractivity contribution < 1.29 is 14.6 Å². The number of methoxy groups -OCH3 is 1. The van der Waals surface area contributed by atoms with Crippen molar-refractivity contribution >= 4 is 5.97 Å². The van der Waals surface area contributed by atoms with Gasteiger partial charge in [0.25, 0.3) is 0 Å². The van der Waals surface area contributed by atoms with Gasteiger partial charge < -0.3 is 15.2 Å². The third-order valence-electron chi connectivity index (χ3n) is 1.95. The van der Waals surface area contributed by atoms with Gasteiger partial charge in [-0.05, 0) is 24.7 Å². The van der Waals surface area contributed by atoms with Crippen LogP contribution < -0.4 is 5.32 Å². The molecule has 0 bridgehead atoms. The van der Waals surface area contributed by atoms with E-state index in [4.69, 9.17) is 5.11 Å². The van der Waals surface area contributed by atoms with Crippen LogP contribution >= 0.6 is 0 Å². The second kappa shape index (κ2) is 4.62. The monoisotopic (exact) mass is 195 g/mol. The van der Waals surface area contributed by atoms with Gasteiger partial charge in [-0.3, -0.25) is 0 Å². The molecule has 0 saturated carbocycles. The zero-order valence-corrected chi connectivity index (χ0v) is 8.15. The molecule has 0 amide bonds. The number of carbonyl (C=O) groups is 1. The van der Waals surface area contributed by atoms with Gasteiger partial charge in [0.2, 0.25) is 0 Å². The molecule has 1 rings (SSSR count). The summed E-state index contributed by atoms with van der Waals surface area (Å²) < 4.78 is 4.62. The number of carbonyl (C=O) groups excluding carboxylic acids is 1. The highest BCUT2D eigenvalue weighted by Gasteiger charge is 2.18. The Hall–Kier alpha value is -1.55. The molecule has 1 aromatic rings. The fourth-order valence-corrected chi connectivity index (χ4v) is 1.21. The fourth-order valence-electron chi connectivity index (χ4n) is 1.21. The lowest BCUT2D eigenvalue weighted by atomic mass is 10.1. The molecular formula is C10H13NO3. The number of hydrogen-bond acceptors (Lipinski definition) is 4. The number of hydrogen-bond donors (Lipinski definition) is 2. The molecule has 4 nitrogen and oxygen atoms in total. The van der Waals surface area contributed by atoms with E-state index in [9.17, 15) is 4.79 Å². The minimum absolute atomic E-state index is 0.175. The minimum atomic E-state index is -0.486. The zero-order chi connectivity index (χ0) is 10.6. The highest BCUT2D eigenvalue weighted by molar-refractivity contribution is 5.77. The third kappa shape index (κ3) is 2.23. The van der Waals surface area contributed by atoms with Crippen molar-refractivity contribution in [2.45, 2.75) is 6.04 Å². The standard InChI is InChI=1S/C10H13NO3/c1-11-9(10(13)14-2)7-3-5-8(12)6-4-7/h3-6,9,11-12H,1-2H3. The average molecular weight is 195 g/mol. The molecule has 0 aliphatic carbocycles. The molecule has 0 aliphatic heterocycles. The second-order valence-electron chi connectivity index (χ2n) is 2.84. The molecule has 0 saturated heterocycles. The van der Waals surface area contributed by atoms with Crippen LogP contribution in [0.3, 0.4) is 0 Å². The zero-order valence-electron chi connectivity index (χ0n) is 8.15. The summed E-state index contributed by atoms with van der Waals surface area (Å²) >= 11 is 0. The third-order valence-corrected chi connectivity index (χ3v) is 1.95. The first kappa shape index (κ1) is 10.5. The topological polar surface area (TPSA) is 58.6 Å². The molecule has 76 valence electrons. The Kier molecular flexibility index (Phi) is 3.48. The van der Waals surface area contributed by atoms with Gasteiger partial charge in [-0.1, -0.05) is 12.1 Å². The van der Waals surface area contributed by atoms with Crippen molar-refractivity contribution in [2.75, 3.05) is 14.2 Å². The van der Waals surface area contributed by atoms with Gasteiger partial charge in [-0.25, -0.2) is 4.79 Å². The van der Waals surface area contributed by atoms with Crippen LogP contribution in [0.25, 0.3) is 0 Å². The predicted octanol–water partition coefficient (Wildman–Crippen LogP) is 0.826. The summed E-state index contributed by atoms with van der Waals surface area (Å²) in [5.41, 5.74) is 0.761. The van der Waals surface area contributed by atoms with Gasteiger partial charge in [0.05, 0.1) is 7.11 Å². The number of benzene rings is 1. The normalized spacial score (nSPS) is 12.1. The Morgan fingerprint density at radius 3 is 2.43 bits per heavy atom. The number of nitrogens with one attached hydrogen (secondary N) is 1. The Balaban J connectivity index is 2.89. The molecule has 1 aromatic carbocycles. The second-order valence-corrected chi connectivity index (χ2v) is 2.84. The van der Waals surface area contributed by atoms with Gasteiger partial charge in [-0.2, -0.15) is 0 Å². The molecule has 0 aromatic heterocycles. The summed E-state index contributed by atoms with van der Waals surface area (Å²) in [4.78, 5) is 11.3. The van der Waals surface area contributed by atoms with Crippen LogP contribution in [0.1, 0.15) is 11.6 Å². The summed E-state index contributed by atoms with van der Waals surface area (Å²) in [6.07, 6.45) is 0. The number of esters is 1. The van der Waals surface area contributed by atoms with Crippen molar-refractivity contribution in [3.8, 4) is 5.75 Å². The van der Waals surface area contributed by atoms with Crippen LogP contribution in [0.5, 0.6) is 5.75 Å². The van der Waals surface area contributed by atoms with Gasteiger partial charge >= 0.3 is 5.97 Å². The van der Waals surface area contributed by atoms with Crippen molar-refractivity contribution in [2.24, 2.45) is 0 Å². The smallest absolute Gasteiger partial charge is 0.327 e. The van der Waals surface area contributed by atoms with Gasteiger partial charge in [-0.15, -0.1) is 0 Å². The van der Waals surface area contributed by atoms with Crippen LogP contribution in [0.2, 0.25) is 0 Å². The number of ether oxygens (including phenoxy) is 1. The van der Waals surface area contributed by atoms with Crippen LogP contribution in [-0.4, -0.2) is 25.2 Å². The van der Waals surface area contributed by atoms with Crippen LogP contribution in [0.15, 0.2) is 24.3 Å². The summed E-state index contributed by atoms with van der Waals surface area (Å²) in [6, 6.07) is 5.92. The molecule has 1 atom stereocenters. The van der Waals surface area contributed by atoms with E-state index in [0.717, 1.165) is 5.56 Å². The number of phenolic OH excluding ortho intramolecular Hbond substituents is 1. The maximum absolute atomic E-state index is 11.3. The Morgan fingerprint density at radius 2 is 2.00 bits per heavy atom. The van der Waals surface area contributed by atoms with E-state index in [2.05, 4.69) is 10.1 Å². The number of likely N-dealkylation sites (N-methyl/N-ethyl adjacent to an activating group) is 1. The Labute approximate surface area is 82.5 Å². The van der Waals surface area contributed by atoms with Gasteiger partial charge in [0.1, 0.15) is 11.8 Å². The van der Waals surface area contributed by atoms with E-state index in [1.165, 1.54) is 19.2 Å². The van der Waals surface area contributed by atoms with Crippen molar-refractivity contribution in [3.05, 3.63) is 29.8 Å². The Bertz CT molecular complexity index is 308. The maximum atomic E-state index is 11.3. The molecule has 0 radical (unpaired) electrons. The summed E-state index contributed by atoms with van der Waals surface area (Å²) in [5, 5.41) is 11.9. The lowest BCUT2D eigenvalue weighted by Crippen LogP contribution is -2.26. The molecule has 0 spiro atoms. The molecule has 0 aliphatic rings. The van der Waals surface area contributed by atoms with E-state index in [1.807, 2.05) is 0 Å². The quantitative estimate of drug-likeness (QED) is 0.701. The molecule has 0 heterocycles. The maximum Gasteiger partial charge on any atom is 0.327 e. The van der Waals surface area contributed by atoms with E-state index in [0.29, 0.717) is 0 Å². The van der Waals surface area contributed by atoms with Crippen LogP contribution in [-0.2, 0) is 9.53 Å². The van der Waals surface area contributed by atoms with E-state index < -0.39 is 6.04 Å². The summed E-state index contributed by atoms with van der Waals surface area (Å²) in [6.45, 7) is 0. The van der Waals surface area contributed by atoms with Gasteiger partial charge in [0, 0.05) is 0 Å². The Morgan fingerprint density at radius 1 is 1.43 bits per heavy atom. The predicted molar refractivity (Wildman–Crippen MR) is 51.9 cm³/mol. The first-order valence-electron chi connectivity index (χ1n) is 4.23. The summed E-state index contributed by atoms with van der Waals surface area (Å²) in [7, 11) is 3.02. The van der Waals surface area contributed by atoms with Crippen molar-refractivity contribution in [1.82, 2.24) is 5.32 Å². The van der Waals surface area contributed by atoms with E-state index in [1.54, 1.807) is 19.2 Å². The minimum Gasteiger partial charge on any atom is -0.508 e. The van der Waals surface area contributed by atoms with Crippen molar-refractivity contribution in [1.29, 1.82) is 0 Å². The SMILES string of the molecule is CNC(C(=O)OC)c1ccc(O)cc1. The first-order valence-corrected chi connectivity index (χ1v) is 4.23. The molecule has 4 heteroatoms.